The Morgan fingerprint density at radius 3 is 2.14 bits per heavy atom. The molecule has 0 saturated carbocycles. The highest BCUT2D eigenvalue weighted by molar-refractivity contribution is 5.92. The monoisotopic (exact) mass is 310 g/mol. The van der Waals surface area contributed by atoms with Crippen LogP contribution in [0.25, 0.3) is 0 Å². The Bertz CT molecular complexity index is 469. The quantitative estimate of drug-likeness (QED) is 0.481. The molecule has 4 N–H and O–H groups in total. The summed E-state index contributed by atoms with van der Waals surface area (Å²) in [6.45, 7) is 0.573. The lowest BCUT2D eigenvalue weighted by atomic mass is 10.1. The molecule has 122 valence electrons. The molecule has 1 amide bonds. The molecule has 0 fully saturated rings. The highest BCUT2D eigenvalue weighted by Crippen LogP contribution is 2.11. The Balaban J connectivity index is 2.48. The zero-order valence-electron chi connectivity index (χ0n) is 12.4. The second-order valence-electron chi connectivity index (χ2n) is 4.86. The van der Waals surface area contributed by atoms with Crippen molar-refractivity contribution in [2.45, 2.75) is 12.8 Å². The van der Waals surface area contributed by atoms with Crippen molar-refractivity contribution in [1.29, 1.82) is 0 Å². The maximum atomic E-state index is 11.9. The van der Waals surface area contributed by atoms with Gasteiger partial charge in [0.15, 0.2) is 0 Å². The Morgan fingerprint density at radius 1 is 1.05 bits per heavy atom. The van der Waals surface area contributed by atoms with E-state index >= 15 is 0 Å². The normalized spacial score (nSPS) is 10.7. The lowest BCUT2D eigenvalue weighted by molar-refractivity contribution is -0.137. The van der Waals surface area contributed by atoms with Crippen molar-refractivity contribution in [2.75, 3.05) is 38.2 Å². The summed E-state index contributed by atoms with van der Waals surface area (Å²) in [5, 5.41) is 29.1. The molecule has 7 heteroatoms. The summed E-state index contributed by atoms with van der Waals surface area (Å²) < 4.78 is 0. The van der Waals surface area contributed by atoms with Crippen LogP contribution in [0.1, 0.15) is 12.0 Å². The fourth-order valence-electron chi connectivity index (χ4n) is 1.96. The van der Waals surface area contributed by atoms with Crippen LogP contribution in [0.5, 0.6) is 0 Å². The van der Waals surface area contributed by atoms with Gasteiger partial charge >= 0.3 is 5.97 Å². The van der Waals surface area contributed by atoms with Crippen molar-refractivity contribution in [3.8, 4) is 0 Å². The number of rotatable bonds is 10. The van der Waals surface area contributed by atoms with Crippen LogP contribution < -0.4 is 5.32 Å². The summed E-state index contributed by atoms with van der Waals surface area (Å²) in [5.41, 5.74) is 1.51. The smallest absolute Gasteiger partial charge is 0.303 e. The first-order valence-electron chi connectivity index (χ1n) is 7.10. The van der Waals surface area contributed by atoms with Gasteiger partial charge in [-0.05, 0) is 24.1 Å². The molecule has 0 bridgehead atoms. The summed E-state index contributed by atoms with van der Waals surface area (Å²) in [7, 11) is 0. The van der Waals surface area contributed by atoms with Gasteiger partial charge in [0, 0.05) is 25.2 Å². The summed E-state index contributed by atoms with van der Waals surface area (Å²) in [4.78, 5) is 24.0. The van der Waals surface area contributed by atoms with Crippen molar-refractivity contribution in [3.63, 3.8) is 0 Å². The van der Waals surface area contributed by atoms with Gasteiger partial charge in [0.05, 0.1) is 19.8 Å². The van der Waals surface area contributed by atoms with Crippen LogP contribution in [0, 0.1) is 0 Å². The third-order valence-corrected chi connectivity index (χ3v) is 3.06. The van der Waals surface area contributed by atoms with Crippen molar-refractivity contribution in [2.24, 2.45) is 0 Å². The molecular formula is C15H22N2O5. The number of aliphatic hydroxyl groups is 2. The first kappa shape index (κ1) is 18.1. The fraction of sp³-hybridized carbons (Fsp3) is 0.467. The number of carbonyl (C=O) groups excluding carboxylic acids is 1. The van der Waals surface area contributed by atoms with E-state index < -0.39 is 5.97 Å². The summed E-state index contributed by atoms with van der Waals surface area (Å²) in [6.07, 6.45) is 0.521. The maximum Gasteiger partial charge on any atom is 0.303 e. The molecule has 0 aliphatic rings. The van der Waals surface area contributed by atoms with Crippen LogP contribution >= 0.6 is 0 Å². The number of aliphatic hydroxyl groups excluding tert-OH is 2. The van der Waals surface area contributed by atoms with Crippen molar-refractivity contribution < 1.29 is 24.9 Å². The number of aliphatic carboxylic acids is 1. The lowest BCUT2D eigenvalue weighted by Crippen LogP contribution is -2.37. The molecule has 0 aromatic heterocycles. The molecule has 0 radical (unpaired) electrons. The molecular weight excluding hydrogens is 288 g/mol. The number of carbonyl (C=O) groups is 2. The largest absolute Gasteiger partial charge is 0.481 e. The van der Waals surface area contributed by atoms with E-state index in [1.807, 2.05) is 0 Å². The van der Waals surface area contributed by atoms with Crippen molar-refractivity contribution in [3.05, 3.63) is 29.8 Å². The predicted octanol–water partition coefficient (Wildman–Crippen LogP) is -0.0711. The van der Waals surface area contributed by atoms with Crippen LogP contribution in [-0.4, -0.2) is 64.9 Å². The summed E-state index contributed by atoms with van der Waals surface area (Å²) >= 11 is 0. The van der Waals surface area contributed by atoms with E-state index in [1.165, 1.54) is 0 Å². The lowest BCUT2D eigenvalue weighted by Gasteiger charge is -2.19. The van der Waals surface area contributed by atoms with Crippen molar-refractivity contribution in [1.82, 2.24) is 4.90 Å². The van der Waals surface area contributed by atoms with E-state index in [0.29, 0.717) is 25.2 Å². The van der Waals surface area contributed by atoms with Gasteiger partial charge in [0.1, 0.15) is 0 Å². The Labute approximate surface area is 129 Å². The number of carboxylic acid groups (broad SMARTS) is 1. The zero-order valence-corrected chi connectivity index (χ0v) is 12.4. The van der Waals surface area contributed by atoms with Gasteiger partial charge in [0.25, 0.3) is 0 Å². The molecule has 7 nitrogen and oxygen atoms in total. The van der Waals surface area contributed by atoms with Crippen LogP contribution in [-0.2, 0) is 16.0 Å². The van der Waals surface area contributed by atoms with Gasteiger partial charge in [-0.1, -0.05) is 12.1 Å². The number of nitrogens with one attached hydrogen (secondary N) is 1. The van der Waals surface area contributed by atoms with Crippen LogP contribution in [0.3, 0.4) is 0 Å². The topological polar surface area (TPSA) is 110 Å². The number of hydrogen-bond donors (Lipinski definition) is 4. The fourth-order valence-corrected chi connectivity index (χ4v) is 1.96. The zero-order chi connectivity index (χ0) is 16.4. The SMILES string of the molecule is O=C(O)CCc1ccc(NC(=O)CN(CCO)CCO)cc1. The predicted molar refractivity (Wildman–Crippen MR) is 81.6 cm³/mol. The van der Waals surface area contributed by atoms with Crippen LogP contribution in [0.2, 0.25) is 0 Å². The van der Waals surface area contributed by atoms with Gasteiger partial charge in [-0.3, -0.25) is 14.5 Å². The highest BCUT2D eigenvalue weighted by Gasteiger charge is 2.10. The molecule has 1 aromatic rings. The molecule has 0 aliphatic carbocycles. The molecule has 0 atom stereocenters. The Hall–Kier alpha value is -1.96. The average Bonchev–Trinajstić information content (AvgIpc) is 2.47. The van der Waals surface area contributed by atoms with Gasteiger partial charge in [-0.15, -0.1) is 0 Å². The molecule has 22 heavy (non-hydrogen) atoms. The molecule has 0 heterocycles. The summed E-state index contributed by atoms with van der Waals surface area (Å²) in [5.74, 6) is -1.08. The Kier molecular flexibility index (Phi) is 8.13. The third-order valence-electron chi connectivity index (χ3n) is 3.06. The van der Waals surface area contributed by atoms with Crippen molar-refractivity contribution >= 4 is 17.6 Å². The number of amides is 1. The number of carboxylic acids is 1. The van der Waals surface area contributed by atoms with E-state index in [0.717, 1.165) is 5.56 Å². The number of aryl methyl sites for hydroxylation is 1. The minimum atomic E-state index is -0.842. The number of nitrogens with zero attached hydrogens (tertiary/aromatic N) is 1. The van der Waals surface area contributed by atoms with E-state index in [-0.39, 0.29) is 32.1 Å². The minimum Gasteiger partial charge on any atom is -0.481 e. The molecule has 0 saturated heterocycles. The average molecular weight is 310 g/mol. The molecule has 1 aromatic carbocycles. The molecule has 0 aliphatic heterocycles. The number of anilines is 1. The van der Waals surface area contributed by atoms with E-state index in [1.54, 1.807) is 29.2 Å². The minimum absolute atomic E-state index is 0.0724. The van der Waals surface area contributed by atoms with E-state index in [9.17, 15) is 9.59 Å². The first-order chi connectivity index (χ1) is 10.5. The third kappa shape index (κ3) is 7.16. The number of hydrogen-bond acceptors (Lipinski definition) is 5. The maximum absolute atomic E-state index is 11.9. The molecule has 0 spiro atoms. The Morgan fingerprint density at radius 2 is 1.64 bits per heavy atom. The van der Waals surface area contributed by atoms with Gasteiger partial charge in [-0.2, -0.15) is 0 Å². The van der Waals surface area contributed by atoms with Gasteiger partial charge in [0.2, 0.25) is 5.91 Å². The molecule has 0 unspecified atom stereocenters. The van der Waals surface area contributed by atoms with E-state index in [2.05, 4.69) is 5.32 Å². The second kappa shape index (κ2) is 9.88. The first-order valence-corrected chi connectivity index (χ1v) is 7.10. The standard InChI is InChI=1S/C15H22N2O5/c18-9-7-17(8-10-19)11-14(20)16-13-4-1-12(2-5-13)3-6-15(21)22/h1-2,4-5,18-19H,3,6-11H2,(H,16,20)(H,21,22). The van der Waals surface area contributed by atoms with Crippen LogP contribution in [0.4, 0.5) is 5.69 Å². The number of benzene rings is 1. The molecule has 1 rings (SSSR count). The van der Waals surface area contributed by atoms with Crippen LogP contribution in [0.15, 0.2) is 24.3 Å². The summed E-state index contributed by atoms with van der Waals surface area (Å²) in [6, 6.07) is 6.99. The second-order valence-corrected chi connectivity index (χ2v) is 4.86. The van der Waals surface area contributed by atoms with E-state index in [4.69, 9.17) is 15.3 Å². The highest BCUT2D eigenvalue weighted by atomic mass is 16.4. The van der Waals surface area contributed by atoms with Gasteiger partial charge in [-0.25, -0.2) is 0 Å². The van der Waals surface area contributed by atoms with Gasteiger partial charge < -0.3 is 20.6 Å².